The van der Waals surface area contributed by atoms with Crippen molar-refractivity contribution in [2.45, 2.75) is 23.8 Å². The molecular formula is C20H19N3O6S. The predicted molar refractivity (Wildman–Crippen MR) is 109 cm³/mol. The Labute approximate surface area is 172 Å². The topological polar surface area (TPSA) is 139 Å². The van der Waals surface area contributed by atoms with E-state index in [1.165, 1.54) is 5.48 Å². The van der Waals surface area contributed by atoms with Crippen molar-refractivity contribution in [3.8, 4) is 0 Å². The van der Waals surface area contributed by atoms with Gasteiger partial charge in [0, 0.05) is 24.6 Å². The molecule has 3 aromatic rings. The SMILES string of the molecule is O=C(C[C@@H](Cc1ccc2ccccc2c1)NS(=O)(=O)c1ccc([N+](=O)[O-])cc1)NO. The van der Waals surface area contributed by atoms with Crippen molar-refractivity contribution in [3.63, 3.8) is 0 Å². The summed E-state index contributed by atoms with van der Waals surface area (Å²) >= 11 is 0. The van der Waals surface area contributed by atoms with E-state index in [2.05, 4.69) is 4.72 Å². The van der Waals surface area contributed by atoms with Crippen molar-refractivity contribution >= 4 is 32.4 Å². The molecule has 0 aliphatic heterocycles. The number of fused-ring (bicyclic) bond motifs is 1. The fourth-order valence-corrected chi connectivity index (χ4v) is 4.35. The Hall–Kier alpha value is -3.34. The van der Waals surface area contributed by atoms with Gasteiger partial charge in [0.25, 0.3) is 5.69 Å². The van der Waals surface area contributed by atoms with Gasteiger partial charge in [0.05, 0.1) is 9.82 Å². The molecule has 1 atom stereocenters. The number of hydrogen-bond acceptors (Lipinski definition) is 6. The Morgan fingerprint density at radius 3 is 2.33 bits per heavy atom. The summed E-state index contributed by atoms with van der Waals surface area (Å²) in [5, 5.41) is 21.6. The van der Waals surface area contributed by atoms with Crippen LogP contribution in [0.3, 0.4) is 0 Å². The molecule has 3 aromatic carbocycles. The van der Waals surface area contributed by atoms with Crippen molar-refractivity contribution in [2.75, 3.05) is 0 Å². The number of nitro groups is 1. The third-order valence-corrected chi connectivity index (χ3v) is 6.07. The van der Waals surface area contributed by atoms with Gasteiger partial charge in [0.15, 0.2) is 0 Å². The van der Waals surface area contributed by atoms with Crippen LogP contribution in [0.25, 0.3) is 10.8 Å². The van der Waals surface area contributed by atoms with Crippen molar-refractivity contribution in [1.29, 1.82) is 0 Å². The normalized spacial score (nSPS) is 12.4. The molecule has 0 bridgehead atoms. The molecule has 0 aliphatic rings. The van der Waals surface area contributed by atoms with Crippen LogP contribution in [0.4, 0.5) is 5.69 Å². The first-order valence-corrected chi connectivity index (χ1v) is 10.4. The second kappa shape index (κ2) is 8.99. The van der Waals surface area contributed by atoms with Gasteiger partial charge in [-0.1, -0.05) is 42.5 Å². The third kappa shape index (κ3) is 5.17. The molecule has 0 heterocycles. The minimum absolute atomic E-state index is 0.166. The Morgan fingerprint density at radius 1 is 1.03 bits per heavy atom. The predicted octanol–water partition coefficient (Wildman–Crippen LogP) is 2.53. The molecule has 0 saturated heterocycles. The lowest BCUT2D eigenvalue weighted by Gasteiger charge is -2.18. The van der Waals surface area contributed by atoms with Gasteiger partial charge in [-0.2, -0.15) is 0 Å². The molecule has 1 amide bonds. The lowest BCUT2D eigenvalue weighted by atomic mass is 10.0. The maximum Gasteiger partial charge on any atom is 0.269 e. The minimum atomic E-state index is -4.05. The van der Waals surface area contributed by atoms with Crippen LogP contribution in [0.5, 0.6) is 0 Å². The zero-order valence-electron chi connectivity index (χ0n) is 15.7. The van der Waals surface area contributed by atoms with Gasteiger partial charge in [-0.3, -0.25) is 20.1 Å². The highest BCUT2D eigenvalue weighted by Gasteiger charge is 2.23. The van der Waals surface area contributed by atoms with E-state index in [-0.39, 0.29) is 23.4 Å². The first-order chi connectivity index (χ1) is 14.3. The van der Waals surface area contributed by atoms with Crippen LogP contribution in [0, 0.1) is 10.1 Å². The van der Waals surface area contributed by atoms with Crippen LogP contribution in [-0.2, 0) is 21.2 Å². The molecular weight excluding hydrogens is 410 g/mol. The van der Waals surface area contributed by atoms with E-state index in [1.54, 1.807) is 0 Å². The standard InChI is InChI=1S/C20H19N3O6S/c24-20(21-25)13-17(12-14-5-6-15-3-1-2-4-16(15)11-14)22-30(28,29)19-9-7-18(8-10-19)23(26)27/h1-11,17,22,25H,12-13H2,(H,21,24)/t17-/m1/s1. The maximum atomic E-state index is 12.7. The van der Waals surface area contributed by atoms with Crippen molar-refractivity contribution in [1.82, 2.24) is 10.2 Å². The van der Waals surface area contributed by atoms with Gasteiger partial charge < -0.3 is 0 Å². The molecule has 0 aromatic heterocycles. The Morgan fingerprint density at radius 2 is 1.70 bits per heavy atom. The van der Waals surface area contributed by atoms with Crippen molar-refractivity contribution in [2.24, 2.45) is 0 Å². The van der Waals surface area contributed by atoms with Gasteiger partial charge in [-0.15, -0.1) is 0 Å². The molecule has 0 aliphatic carbocycles. The molecule has 0 spiro atoms. The third-order valence-electron chi connectivity index (χ3n) is 4.53. The number of nitrogens with one attached hydrogen (secondary N) is 2. The zero-order chi connectivity index (χ0) is 21.7. The summed E-state index contributed by atoms with van der Waals surface area (Å²) in [6.07, 6.45) is -0.0972. The number of sulfonamides is 1. The van der Waals surface area contributed by atoms with Crippen molar-refractivity contribution < 1.29 is 23.3 Å². The van der Waals surface area contributed by atoms with Gasteiger partial charge >= 0.3 is 0 Å². The smallest absolute Gasteiger partial charge is 0.269 e. The Bertz CT molecular complexity index is 1180. The number of nitrogens with zero attached hydrogens (tertiary/aromatic N) is 1. The summed E-state index contributed by atoms with van der Waals surface area (Å²) in [5.74, 6) is -0.743. The second-order valence-corrected chi connectivity index (χ2v) is 8.41. The number of carbonyl (C=O) groups excluding carboxylic acids is 1. The summed E-state index contributed by atoms with van der Waals surface area (Å²) in [5.41, 5.74) is 2.07. The summed E-state index contributed by atoms with van der Waals surface area (Å²) in [4.78, 5) is 21.7. The molecule has 3 rings (SSSR count). The van der Waals surface area contributed by atoms with Crippen LogP contribution in [0.1, 0.15) is 12.0 Å². The van der Waals surface area contributed by atoms with E-state index < -0.39 is 26.9 Å². The van der Waals surface area contributed by atoms with E-state index in [4.69, 9.17) is 5.21 Å². The highest BCUT2D eigenvalue weighted by atomic mass is 32.2. The van der Waals surface area contributed by atoms with E-state index in [0.717, 1.165) is 40.6 Å². The quantitative estimate of drug-likeness (QED) is 0.286. The number of carbonyl (C=O) groups is 1. The number of hydroxylamine groups is 1. The highest BCUT2D eigenvalue weighted by molar-refractivity contribution is 7.89. The zero-order valence-corrected chi connectivity index (χ0v) is 16.5. The van der Waals surface area contributed by atoms with Crippen LogP contribution >= 0.6 is 0 Å². The van der Waals surface area contributed by atoms with Crippen molar-refractivity contribution in [3.05, 3.63) is 82.4 Å². The largest absolute Gasteiger partial charge is 0.289 e. The molecule has 0 radical (unpaired) electrons. The number of amides is 1. The van der Waals surface area contributed by atoms with Crippen LogP contribution in [-0.4, -0.2) is 30.5 Å². The number of benzene rings is 3. The first-order valence-electron chi connectivity index (χ1n) is 8.96. The molecule has 10 heteroatoms. The average molecular weight is 429 g/mol. The van der Waals surface area contributed by atoms with Gasteiger partial charge in [-0.05, 0) is 34.9 Å². The molecule has 0 saturated carbocycles. The summed E-state index contributed by atoms with van der Waals surface area (Å²) in [6, 6.07) is 16.9. The average Bonchev–Trinajstić information content (AvgIpc) is 2.73. The lowest BCUT2D eigenvalue weighted by molar-refractivity contribution is -0.384. The molecule has 9 nitrogen and oxygen atoms in total. The minimum Gasteiger partial charge on any atom is -0.289 e. The molecule has 0 fully saturated rings. The molecule has 30 heavy (non-hydrogen) atoms. The fourth-order valence-electron chi connectivity index (χ4n) is 3.11. The summed E-state index contributed by atoms with van der Waals surface area (Å²) in [7, 11) is -4.05. The lowest BCUT2D eigenvalue weighted by Crippen LogP contribution is -2.40. The van der Waals surface area contributed by atoms with Gasteiger partial charge in [0.2, 0.25) is 15.9 Å². The molecule has 3 N–H and O–H groups in total. The van der Waals surface area contributed by atoms with Crippen LogP contribution < -0.4 is 10.2 Å². The van der Waals surface area contributed by atoms with E-state index in [0.29, 0.717) is 0 Å². The summed E-state index contributed by atoms with van der Waals surface area (Å²) in [6.45, 7) is 0. The number of non-ortho nitro benzene ring substituents is 1. The van der Waals surface area contributed by atoms with Crippen LogP contribution in [0.2, 0.25) is 0 Å². The molecule has 156 valence electrons. The van der Waals surface area contributed by atoms with E-state index >= 15 is 0 Å². The van der Waals surface area contributed by atoms with Gasteiger partial charge in [-0.25, -0.2) is 18.6 Å². The Kier molecular flexibility index (Phi) is 6.40. The number of rotatable bonds is 8. The van der Waals surface area contributed by atoms with Gasteiger partial charge in [0.1, 0.15) is 0 Å². The Balaban J connectivity index is 1.84. The number of hydrogen-bond donors (Lipinski definition) is 3. The van der Waals surface area contributed by atoms with Crippen LogP contribution in [0.15, 0.2) is 71.6 Å². The first kappa shape index (κ1) is 21.4. The fraction of sp³-hybridized carbons (Fsp3) is 0.150. The highest BCUT2D eigenvalue weighted by Crippen LogP contribution is 2.19. The second-order valence-electron chi connectivity index (χ2n) is 6.69. The van der Waals surface area contributed by atoms with E-state index in [9.17, 15) is 23.3 Å². The van der Waals surface area contributed by atoms with E-state index in [1.807, 2.05) is 42.5 Å². The molecule has 0 unspecified atom stereocenters. The number of nitro benzene ring substituents is 1. The summed E-state index contributed by atoms with van der Waals surface area (Å²) < 4.78 is 27.9. The monoisotopic (exact) mass is 429 g/mol. The maximum absolute atomic E-state index is 12.7.